The van der Waals surface area contributed by atoms with Gasteiger partial charge in [-0.1, -0.05) is 18.5 Å². The van der Waals surface area contributed by atoms with Gasteiger partial charge in [0, 0.05) is 41.4 Å². The summed E-state index contributed by atoms with van der Waals surface area (Å²) in [5.41, 5.74) is 2.90. The predicted octanol–water partition coefficient (Wildman–Crippen LogP) is 4.76. The first-order valence-corrected chi connectivity index (χ1v) is 10.1. The molecular weight excluding hydrogens is 438 g/mol. The lowest BCUT2D eigenvalue weighted by Crippen LogP contribution is -2.30. The minimum Gasteiger partial charge on any atom is -0.365 e. The zero-order valence-corrected chi connectivity index (χ0v) is 18.5. The summed E-state index contributed by atoms with van der Waals surface area (Å²) in [7, 11) is 1.69. The lowest BCUT2D eigenvalue weighted by molar-refractivity contribution is -0.115. The molecule has 3 aromatic rings. The summed E-state index contributed by atoms with van der Waals surface area (Å²) in [6, 6.07) is 7.03. The number of nitrogens with one attached hydrogen (secondary N) is 1. The molecule has 0 spiro atoms. The quantitative estimate of drug-likeness (QED) is 0.516. The molecule has 1 amide bonds. The van der Waals surface area contributed by atoms with E-state index in [0.717, 1.165) is 18.5 Å². The highest BCUT2D eigenvalue weighted by molar-refractivity contribution is 6.30. The number of benzene rings is 1. The molecule has 32 heavy (non-hydrogen) atoms. The molecule has 0 saturated carbocycles. The number of pyridine rings is 2. The summed E-state index contributed by atoms with van der Waals surface area (Å²) < 4.78 is 27.7. The molecule has 0 bridgehead atoms. The predicted molar refractivity (Wildman–Crippen MR) is 120 cm³/mol. The van der Waals surface area contributed by atoms with Crippen molar-refractivity contribution in [1.82, 2.24) is 9.97 Å². The Morgan fingerprint density at radius 3 is 2.62 bits per heavy atom. The van der Waals surface area contributed by atoms with E-state index in [1.165, 1.54) is 18.2 Å². The maximum atomic E-state index is 14.0. The molecule has 166 valence electrons. The number of aromatic nitrogens is 2. The minimum absolute atomic E-state index is 0.0407. The highest BCUT2D eigenvalue weighted by Gasteiger charge is 2.20. The van der Waals surface area contributed by atoms with Gasteiger partial charge in [-0.2, -0.15) is 0 Å². The Hall–Kier alpha value is -3.39. The van der Waals surface area contributed by atoms with Crippen molar-refractivity contribution < 1.29 is 18.4 Å². The van der Waals surface area contributed by atoms with Crippen molar-refractivity contribution in [3.63, 3.8) is 0 Å². The number of carbonyl (C=O) groups excluding carboxylic acids is 2. The summed E-state index contributed by atoms with van der Waals surface area (Å²) in [5, 5.41) is 2.58. The number of hydrogen-bond donors (Lipinski definition) is 1. The summed E-state index contributed by atoms with van der Waals surface area (Å²) in [4.78, 5) is 34.0. The zero-order valence-electron chi connectivity index (χ0n) is 17.7. The molecule has 1 aromatic carbocycles. The standard InChI is InChI=1S/C23H21ClF2N4O2/c1-13(12-31)23-17(7-15(25)9-28-23)18-10-27-14(2)6-21(18)30(3)11-22(32)29-16-4-5-19(24)20(26)8-16/h4-10,12-13H,11H2,1-3H3,(H,29,32). The first-order chi connectivity index (χ1) is 15.2. The smallest absolute Gasteiger partial charge is 0.243 e. The average molecular weight is 459 g/mol. The molecule has 0 fully saturated rings. The number of likely N-dealkylation sites (N-methyl/N-ethyl adjacent to an activating group) is 1. The van der Waals surface area contributed by atoms with E-state index in [9.17, 15) is 18.4 Å². The lowest BCUT2D eigenvalue weighted by atomic mass is 9.96. The van der Waals surface area contributed by atoms with E-state index in [0.29, 0.717) is 28.2 Å². The number of nitrogens with zero attached hydrogens (tertiary/aromatic N) is 3. The summed E-state index contributed by atoms with van der Waals surface area (Å²) in [6.07, 6.45) is 3.35. The van der Waals surface area contributed by atoms with Crippen LogP contribution < -0.4 is 10.2 Å². The summed E-state index contributed by atoms with van der Waals surface area (Å²) >= 11 is 5.67. The molecule has 2 aromatic heterocycles. The highest BCUT2D eigenvalue weighted by atomic mass is 35.5. The van der Waals surface area contributed by atoms with Gasteiger partial charge in [0.1, 0.15) is 17.9 Å². The van der Waals surface area contributed by atoms with E-state index in [4.69, 9.17) is 11.6 Å². The van der Waals surface area contributed by atoms with Crippen LogP contribution in [0.2, 0.25) is 5.02 Å². The molecule has 0 aliphatic carbocycles. The number of aryl methyl sites for hydroxylation is 1. The van der Waals surface area contributed by atoms with Crippen LogP contribution >= 0.6 is 11.6 Å². The fourth-order valence-corrected chi connectivity index (χ4v) is 3.35. The Labute approximate surface area is 189 Å². The molecule has 2 heterocycles. The number of carbonyl (C=O) groups is 2. The van der Waals surface area contributed by atoms with Crippen LogP contribution in [0.4, 0.5) is 20.2 Å². The first kappa shape index (κ1) is 23.3. The molecule has 1 unspecified atom stereocenters. The van der Waals surface area contributed by atoms with Crippen LogP contribution in [0.3, 0.4) is 0 Å². The number of aldehydes is 1. The normalized spacial score (nSPS) is 11.7. The Balaban J connectivity index is 1.93. The van der Waals surface area contributed by atoms with Gasteiger partial charge in [0.25, 0.3) is 0 Å². The van der Waals surface area contributed by atoms with Crippen LogP contribution in [-0.2, 0) is 9.59 Å². The van der Waals surface area contributed by atoms with Gasteiger partial charge in [-0.3, -0.25) is 14.8 Å². The van der Waals surface area contributed by atoms with E-state index in [2.05, 4.69) is 15.3 Å². The molecule has 6 nitrogen and oxygen atoms in total. The third-order valence-electron chi connectivity index (χ3n) is 4.82. The van der Waals surface area contributed by atoms with Crippen molar-refractivity contribution in [3.05, 3.63) is 70.8 Å². The van der Waals surface area contributed by atoms with Crippen molar-refractivity contribution in [1.29, 1.82) is 0 Å². The van der Waals surface area contributed by atoms with Crippen molar-refractivity contribution in [3.8, 4) is 11.1 Å². The number of hydrogen-bond acceptors (Lipinski definition) is 5. The minimum atomic E-state index is -0.639. The van der Waals surface area contributed by atoms with Gasteiger partial charge >= 0.3 is 0 Å². The fraction of sp³-hybridized carbons (Fsp3) is 0.217. The number of rotatable bonds is 7. The van der Waals surface area contributed by atoms with Crippen molar-refractivity contribution >= 4 is 35.2 Å². The third-order valence-corrected chi connectivity index (χ3v) is 5.13. The molecule has 1 atom stereocenters. The number of anilines is 2. The topological polar surface area (TPSA) is 75.2 Å². The Morgan fingerprint density at radius 2 is 1.94 bits per heavy atom. The molecule has 1 N–H and O–H groups in total. The van der Waals surface area contributed by atoms with E-state index in [1.807, 2.05) is 0 Å². The maximum absolute atomic E-state index is 14.0. The van der Waals surface area contributed by atoms with E-state index in [-0.39, 0.29) is 17.3 Å². The molecule has 0 saturated heterocycles. The van der Waals surface area contributed by atoms with Crippen LogP contribution in [-0.4, -0.2) is 35.8 Å². The maximum Gasteiger partial charge on any atom is 0.243 e. The van der Waals surface area contributed by atoms with Gasteiger partial charge in [-0.15, -0.1) is 0 Å². The molecule has 0 aliphatic rings. The Morgan fingerprint density at radius 1 is 1.19 bits per heavy atom. The molecule has 0 aliphatic heterocycles. The summed E-state index contributed by atoms with van der Waals surface area (Å²) in [5.74, 6) is -2.15. The van der Waals surface area contributed by atoms with Gasteiger partial charge in [-0.25, -0.2) is 8.78 Å². The van der Waals surface area contributed by atoms with Gasteiger partial charge in [0.05, 0.1) is 29.4 Å². The van der Waals surface area contributed by atoms with Crippen LogP contribution in [0.5, 0.6) is 0 Å². The molecule has 9 heteroatoms. The highest BCUT2D eigenvalue weighted by Crippen LogP contribution is 2.34. The van der Waals surface area contributed by atoms with E-state index in [1.54, 1.807) is 38.1 Å². The van der Waals surface area contributed by atoms with Crippen LogP contribution in [0.15, 0.2) is 42.7 Å². The Kier molecular flexibility index (Phi) is 7.15. The van der Waals surface area contributed by atoms with Crippen LogP contribution in [0.1, 0.15) is 24.2 Å². The average Bonchev–Trinajstić information content (AvgIpc) is 2.75. The first-order valence-electron chi connectivity index (χ1n) is 9.73. The van der Waals surface area contributed by atoms with Gasteiger partial charge < -0.3 is 15.0 Å². The monoisotopic (exact) mass is 458 g/mol. The van der Waals surface area contributed by atoms with Crippen molar-refractivity contribution in [2.45, 2.75) is 19.8 Å². The van der Waals surface area contributed by atoms with Gasteiger partial charge in [0.15, 0.2) is 0 Å². The number of amides is 1. The largest absolute Gasteiger partial charge is 0.365 e. The second-order valence-electron chi connectivity index (χ2n) is 7.39. The van der Waals surface area contributed by atoms with Crippen molar-refractivity contribution in [2.24, 2.45) is 0 Å². The zero-order chi connectivity index (χ0) is 23.4. The van der Waals surface area contributed by atoms with E-state index < -0.39 is 23.5 Å². The SMILES string of the molecule is Cc1cc(N(C)CC(=O)Nc2ccc(Cl)c(F)c2)c(-c2cc(F)cnc2C(C)C=O)cn1. The molecular formula is C23H21ClF2N4O2. The van der Waals surface area contributed by atoms with Crippen LogP contribution in [0, 0.1) is 18.6 Å². The van der Waals surface area contributed by atoms with E-state index >= 15 is 0 Å². The van der Waals surface area contributed by atoms with Crippen LogP contribution in [0.25, 0.3) is 11.1 Å². The second-order valence-corrected chi connectivity index (χ2v) is 7.79. The molecule has 3 rings (SSSR count). The van der Waals surface area contributed by atoms with Gasteiger partial charge in [-0.05, 0) is 37.3 Å². The van der Waals surface area contributed by atoms with Gasteiger partial charge in [0.2, 0.25) is 5.91 Å². The molecule has 0 radical (unpaired) electrons. The number of halogens is 3. The lowest BCUT2D eigenvalue weighted by Gasteiger charge is -2.23. The Bertz CT molecular complexity index is 1170. The fourth-order valence-electron chi connectivity index (χ4n) is 3.24. The van der Waals surface area contributed by atoms with Crippen molar-refractivity contribution in [2.75, 3.05) is 23.8 Å². The summed E-state index contributed by atoms with van der Waals surface area (Å²) in [6.45, 7) is 3.37. The second kappa shape index (κ2) is 9.82. The third kappa shape index (κ3) is 5.26.